The van der Waals surface area contributed by atoms with Crippen molar-refractivity contribution in [3.63, 3.8) is 0 Å². The summed E-state index contributed by atoms with van der Waals surface area (Å²) in [6, 6.07) is 22.0. The van der Waals surface area contributed by atoms with E-state index >= 15 is 0 Å². The molecule has 3 aromatic rings. The summed E-state index contributed by atoms with van der Waals surface area (Å²) in [5, 5.41) is 11.5. The maximum Gasteiger partial charge on any atom is 0.300 e. The Hall–Kier alpha value is -2.89. The molecule has 0 bridgehead atoms. The number of benzene rings is 3. The highest BCUT2D eigenvalue weighted by Crippen LogP contribution is 2.42. The van der Waals surface area contributed by atoms with E-state index in [4.69, 9.17) is 11.6 Å². The van der Waals surface area contributed by atoms with Crippen molar-refractivity contribution in [1.82, 2.24) is 0 Å². The molecule has 0 spiro atoms. The normalized spacial score (nSPS) is 18.3. The number of amides is 1. The number of carbonyl (C=O) groups is 2. The fraction of sp³-hybridized carbons (Fsp3) is 0.0435. The molecule has 0 aromatic heterocycles. The van der Waals surface area contributed by atoms with E-state index in [0.29, 0.717) is 21.8 Å². The molecule has 0 unspecified atom stereocenters. The Kier molecular flexibility index (Phi) is 5.26. The summed E-state index contributed by atoms with van der Waals surface area (Å²) in [5.74, 6) is -1.62. The van der Waals surface area contributed by atoms with Crippen molar-refractivity contribution < 1.29 is 14.7 Å². The van der Waals surface area contributed by atoms with Crippen molar-refractivity contribution in [2.24, 2.45) is 0 Å². The largest absolute Gasteiger partial charge is 0.507 e. The molecule has 1 N–H and O–H groups in total. The SMILES string of the molecule is O=C1C(=O)N(c2ccc(Cl)cc2)[C@H](c2ccc(Br)cc2)C1=C(O)c1ccccc1. The van der Waals surface area contributed by atoms with E-state index in [0.717, 1.165) is 4.47 Å². The number of nitrogens with zero attached hydrogens (tertiary/aromatic N) is 1. The van der Waals surface area contributed by atoms with Crippen molar-refractivity contribution in [2.75, 3.05) is 4.90 Å². The summed E-state index contributed by atoms with van der Waals surface area (Å²) in [6.07, 6.45) is 0. The molecule has 1 aliphatic rings. The summed E-state index contributed by atoms with van der Waals surface area (Å²) in [6.45, 7) is 0. The van der Waals surface area contributed by atoms with Gasteiger partial charge in [0.15, 0.2) is 0 Å². The van der Waals surface area contributed by atoms with Gasteiger partial charge in [-0.05, 0) is 42.0 Å². The number of ketones is 1. The van der Waals surface area contributed by atoms with Crippen LogP contribution in [0.25, 0.3) is 5.76 Å². The van der Waals surface area contributed by atoms with E-state index in [1.165, 1.54) is 4.90 Å². The summed E-state index contributed by atoms with van der Waals surface area (Å²) >= 11 is 9.39. The van der Waals surface area contributed by atoms with Gasteiger partial charge in [0.1, 0.15) is 5.76 Å². The minimum atomic E-state index is -0.760. The zero-order chi connectivity index (χ0) is 20.5. The van der Waals surface area contributed by atoms with Gasteiger partial charge in [-0.15, -0.1) is 0 Å². The maximum atomic E-state index is 13.0. The van der Waals surface area contributed by atoms with Crippen LogP contribution >= 0.6 is 27.5 Å². The highest BCUT2D eigenvalue weighted by atomic mass is 79.9. The highest BCUT2D eigenvalue weighted by Gasteiger charge is 2.46. The molecule has 29 heavy (non-hydrogen) atoms. The molecule has 6 heteroatoms. The molecule has 1 amide bonds. The van der Waals surface area contributed by atoms with Gasteiger partial charge >= 0.3 is 0 Å². The third-order valence-electron chi connectivity index (χ3n) is 4.78. The van der Waals surface area contributed by atoms with Crippen molar-refractivity contribution in [1.29, 1.82) is 0 Å². The van der Waals surface area contributed by atoms with Crippen LogP contribution in [0, 0.1) is 0 Å². The minimum absolute atomic E-state index is 0.0541. The lowest BCUT2D eigenvalue weighted by molar-refractivity contribution is -0.132. The fourth-order valence-electron chi connectivity index (χ4n) is 3.41. The standard InChI is InChI=1S/C23H15BrClNO3/c24-16-8-6-14(7-9-16)20-19(21(27)15-4-2-1-3-5-15)22(28)23(29)26(20)18-12-10-17(25)11-13-18/h1-13,20,27H/t20-/m1/s1. The molecule has 0 saturated carbocycles. The third-order valence-corrected chi connectivity index (χ3v) is 5.56. The van der Waals surface area contributed by atoms with Gasteiger partial charge in [0, 0.05) is 20.7 Å². The molecule has 3 aromatic carbocycles. The number of aliphatic hydroxyl groups excluding tert-OH is 1. The van der Waals surface area contributed by atoms with Crippen LogP contribution in [0.4, 0.5) is 5.69 Å². The molecule has 4 rings (SSSR count). The first-order valence-electron chi connectivity index (χ1n) is 8.85. The van der Waals surface area contributed by atoms with Gasteiger partial charge in [-0.2, -0.15) is 0 Å². The second-order valence-electron chi connectivity index (χ2n) is 6.56. The molecular formula is C23H15BrClNO3. The van der Waals surface area contributed by atoms with Gasteiger partial charge in [-0.3, -0.25) is 14.5 Å². The Morgan fingerprint density at radius 1 is 0.897 bits per heavy atom. The number of Topliss-reactive ketones (excluding diaryl/α,β-unsaturated/α-hetero) is 1. The molecule has 1 fully saturated rings. The molecular weight excluding hydrogens is 454 g/mol. The Morgan fingerprint density at radius 2 is 1.52 bits per heavy atom. The quantitative estimate of drug-likeness (QED) is 0.303. The van der Waals surface area contributed by atoms with Crippen LogP contribution in [-0.4, -0.2) is 16.8 Å². The summed E-state index contributed by atoms with van der Waals surface area (Å²) in [7, 11) is 0. The lowest BCUT2D eigenvalue weighted by atomic mass is 9.95. The summed E-state index contributed by atoms with van der Waals surface area (Å²) in [5.41, 5.74) is 1.76. The molecule has 0 aliphatic carbocycles. The molecule has 144 valence electrons. The van der Waals surface area contributed by atoms with Crippen LogP contribution in [-0.2, 0) is 9.59 Å². The zero-order valence-electron chi connectivity index (χ0n) is 15.0. The first-order chi connectivity index (χ1) is 14.0. The number of hydrogen-bond acceptors (Lipinski definition) is 3. The number of hydrogen-bond donors (Lipinski definition) is 1. The average molecular weight is 469 g/mol. The van der Waals surface area contributed by atoms with Gasteiger partial charge in [-0.1, -0.05) is 70.0 Å². The van der Waals surface area contributed by atoms with E-state index < -0.39 is 17.7 Å². The number of anilines is 1. The average Bonchev–Trinajstić information content (AvgIpc) is 3.00. The monoisotopic (exact) mass is 467 g/mol. The van der Waals surface area contributed by atoms with Crippen LogP contribution in [0.5, 0.6) is 0 Å². The van der Waals surface area contributed by atoms with Crippen molar-refractivity contribution in [3.8, 4) is 0 Å². The molecule has 1 heterocycles. The smallest absolute Gasteiger partial charge is 0.300 e. The van der Waals surface area contributed by atoms with E-state index in [-0.39, 0.29) is 11.3 Å². The molecule has 1 saturated heterocycles. The molecule has 1 aliphatic heterocycles. The zero-order valence-corrected chi connectivity index (χ0v) is 17.4. The van der Waals surface area contributed by atoms with Gasteiger partial charge in [0.25, 0.3) is 11.7 Å². The third kappa shape index (κ3) is 3.59. The second kappa shape index (κ2) is 7.85. The van der Waals surface area contributed by atoms with Crippen LogP contribution < -0.4 is 4.90 Å². The van der Waals surface area contributed by atoms with Crippen LogP contribution in [0.2, 0.25) is 5.02 Å². The van der Waals surface area contributed by atoms with E-state index in [2.05, 4.69) is 15.9 Å². The Balaban J connectivity index is 1.94. The van der Waals surface area contributed by atoms with Crippen molar-refractivity contribution in [2.45, 2.75) is 6.04 Å². The summed E-state index contributed by atoms with van der Waals surface area (Å²) < 4.78 is 0.868. The number of carbonyl (C=O) groups excluding carboxylic acids is 2. The highest BCUT2D eigenvalue weighted by molar-refractivity contribution is 9.10. The maximum absolute atomic E-state index is 13.0. The van der Waals surface area contributed by atoms with Crippen molar-refractivity contribution in [3.05, 3.63) is 105 Å². The van der Waals surface area contributed by atoms with Gasteiger partial charge in [0.2, 0.25) is 0 Å². The minimum Gasteiger partial charge on any atom is -0.507 e. The summed E-state index contributed by atoms with van der Waals surface area (Å²) in [4.78, 5) is 27.4. The van der Waals surface area contributed by atoms with Crippen LogP contribution in [0.1, 0.15) is 17.2 Å². The number of halogens is 2. The van der Waals surface area contributed by atoms with E-state index in [1.54, 1.807) is 48.5 Å². The molecule has 0 radical (unpaired) electrons. The van der Waals surface area contributed by atoms with Crippen LogP contribution in [0.15, 0.2) is 88.9 Å². The lowest BCUT2D eigenvalue weighted by Gasteiger charge is -2.25. The Labute approximate surface area is 181 Å². The molecule has 1 atom stereocenters. The Bertz CT molecular complexity index is 1110. The first kappa shape index (κ1) is 19.4. The number of aliphatic hydroxyl groups is 1. The Morgan fingerprint density at radius 3 is 2.14 bits per heavy atom. The number of rotatable bonds is 3. The second-order valence-corrected chi connectivity index (χ2v) is 7.92. The van der Waals surface area contributed by atoms with Crippen LogP contribution in [0.3, 0.4) is 0 Å². The van der Waals surface area contributed by atoms with Gasteiger partial charge in [-0.25, -0.2) is 0 Å². The van der Waals surface area contributed by atoms with Crippen molar-refractivity contribution >= 4 is 50.7 Å². The predicted octanol–water partition coefficient (Wildman–Crippen LogP) is 5.73. The van der Waals surface area contributed by atoms with E-state index in [1.807, 2.05) is 30.3 Å². The predicted molar refractivity (Wildman–Crippen MR) is 117 cm³/mol. The topological polar surface area (TPSA) is 57.6 Å². The van der Waals surface area contributed by atoms with Gasteiger partial charge in [0.05, 0.1) is 11.6 Å². The van der Waals surface area contributed by atoms with E-state index in [9.17, 15) is 14.7 Å². The fourth-order valence-corrected chi connectivity index (χ4v) is 3.80. The first-order valence-corrected chi connectivity index (χ1v) is 10.0. The van der Waals surface area contributed by atoms with Gasteiger partial charge < -0.3 is 5.11 Å². The molecule has 4 nitrogen and oxygen atoms in total. The lowest BCUT2D eigenvalue weighted by Crippen LogP contribution is -2.29.